The van der Waals surface area contributed by atoms with Crippen LogP contribution in [0.15, 0.2) is 59.8 Å². The number of aromatic nitrogens is 3. The number of nitrogens with one attached hydrogen (secondary N) is 1. The van der Waals surface area contributed by atoms with Gasteiger partial charge in [0.25, 0.3) is 6.43 Å². The van der Waals surface area contributed by atoms with Crippen molar-refractivity contribution in [3.05, 3.63) is 77.1 Å². The Morgan fingerprint density at radius 1 is 1.09 bits per heavy atom. The van der Waals surface area contributed by atoms with E-state index in [4.69, 9.17) is 5.11 Å². The lowest BCUT2D eigenvalue weighted by atomic mass is 10.0. The molecule has 0 spiro atoms. The third-order valence-corrected chi connectivity index (χ3v) is 6.48. The van der Waals surface area contributed by atoms with Gasteiger partial charge < -0.3 is 10.4 Å². The highest BCUT2D eigenvalue weighted by molar-refractivity contribution is 7.99. The molecule has 4 rings (SSSR count). The van der Waals surface area contributed by atoms with Gasteiger partial charge in [-0.1, -0.05) is 49.0 Å². The van der Waals surface area contributed by atoms with Crippen molar-refractivity contribution in [1.29, 1.82) is 0 Å². The van der Waals surface area contributed by atoms with Crippen molar-refractivity contribution in [3.8, 4) is 5.69 Å². The van der Waals surface area contributed by atoms with E-state index in [1.165, 1.54) is 22.8 Å². The van der Waals surface area contributed by atoms with Gasteiger partial charge in [0.1, 0.15) is 0 Å². The number of anilines is 1. The summed E-state index contributed by atoms with van der Waals surface area (Å²) in [5.74, 6) is -2.05. The Morgan fingerprint density at radius 3 is 2.49 bits per heavy atom. The third kappa shape index (κ3) is 5.02. The van der Waals surface area contributed by atoms with Crippen molar-refractivity contribution in [3.63, 3.8) is 0 Å². The van der Waals surface area contributed by atoms with E-state index in [1.807, 2.05) is 37.3 Å². The van der Waals surface area contributed by atoms with Crippen molar-refractivity contribution in [1.82, 2.24) is 14.8 Å². The number of nitrogens with zero attached hydrogens (tertiary/aromatic N) is 3. The molecule has 35 heavy (non-hydrogen) atoms. The molecular weight excluding hydrogens is 474 g/mol. The van der Waals surface area contributed by atoms with Crippen molar-refractivity contribution in [2.45, 2.75) is 31.9 Å². The number of carbonyl (C=O) groups excluding carboxylic acids is 1. The van der Waals surface area contributed by atoms with Gasteiger partial charge >= 0.3 is 5.97 Å². The summed E-state index contributed by atoms with van der Waals surface area (Å²) in [5.41, 5.74) is 2.78. The number of alkyl halides is 2. The molecule has 7 nitrogen and oxygen atoms in total. The van der Waals surface area contributed by atoms with Crippen LogP contribution in [-0.2, 0) is 11.2 Å². The molecule has 180 valence electrons. The number of aromatic carboxylic acids is 1. The maximum absolute atomic E-state index is 13.8. The monoisotopic (exact) mass is 496 g/mol. The molecule has 0 atom stereocenters. The second-order valence-corrected chi connectivity index (χ2v) is 8.73. The minimum absolute atomic E-state index is 0.105. The zero-order chi connectivity index (χ0) is 25.1. The van der Waals surface area contributed by atoms with Crippen molar-refractivity contribution < 1.29 is 23.5 Å². The number of rotatable bonds is 8. The van der Waals surface area contributed by atoms with Gasteiger partial charge in [-0.25, -0.2) is 13.6 Å². The smallest absolute Gasteiger partial charge is 0.335 e. The quantitative estimate of drug-likeness (QED) is 0.306. The first-order valence-corrected chi connectivity index (χ1v) is 11.8. The Kier molecular flexibility index (Phi) is 7.11. The number of carbonyl (C=O) groups is 2. The molecule has 2 N–H and O–H groups in total. The lowest BCUT2D eigenvalue weighted by molar-refractivity contribution is -0.113. The van der Waals surface area contributed by atoms with Gasteiger partial charge in [-0.05, 0) is 54.1 Å². The van der Waals surface area contributed by atoms with Crippen LogP contribution in [-0.4, -0.2) is 37.5 Å². The molecule has 0 radical (unpaired) electrons. The fourth-order valence-electron chi connectivity index (χ4n) is 3.84. The van der Waals surface area contributed by atoms with Crippen LogP contribution in [0, 0.1) is 6.92 Å². The first-order chi connectivity index (χ1) is 16.8. The van der Waals surface area contributed by atoms with E-state index in [9.17, 15) is 18.4 Å². The average Bonchev–Trinajstić information content (AvgIpc) is 3.27. The molecule has 0 unspecified atom stereocenters. The Bertz CT molecular complexity index is 1420. The molecular formula is C25H22F2N4O3S. The Balaban J connectivity index is 1.62. The van der Waals surface area contributed by atoms with Crippen molar-refractivity contribution >= 4 is 40.1 Å². The highest BCUT2D eigenvalue weighted by Crippen LogP contribution is 2.33. The highest BCUT2D eigenvalue weighted by Gasteiger charge is 2.24. The van der Waals surface area contributed by atoms with E-state index in [0.717, 1.165) is 34.5 Å². The topological polar surface area (TPSA) is 97.1 Å². The van der Waals surface area contributed by atoms with Crippen molar-refractivity contribution in [2.24, 2.45) is 0 Å². The summed E-state index contributed by atoms with van der Waals surface area (Å²) in [5, 5.41) is 21.4. The number of amides is 1. The first-order valence-electron chi connectivity index (χ1n) is 10.8. The molecule has 0 bridgehead atoms. The second-order valence-electron chi connectivity index (χ2n) is 7.79. The van der Waals surface area contributed by atoms with E-state index in [1.54, 1.807) is 13.0 Å². The molecule has 0 fully saturated rings. The second kappa shape index (κ2) is 10.2. The zero-order valence-corrected chi connectivity index (χ0v) is 19.8. The molecule has 3 aromatic carbocycles. The predicted molar refractivity (Wildman–Crippen MR) is 131 cm³/mol. The Morgan fingerprint density at radius 2 is 1.83 bits per heavy atom. The Hall–Kier alpha value is -3.79. The van der Waals surface area contributed by atoms with Crippen molar-refractivity contribution in [2.75, 3.05) is 11.1 Å². The number of benzene rings is 3. The molecule has 1 amide bonds. The van der Waals surface area contributed by atoms with Crippen LogP contribution in [0.3, 0.4) is 0 Å². The summed E-state index contributed by atoms with van der Waals surface area (Å²) < 4.78 is 29.0. The van der Waals surface area contributed by atoms with Gasteiger partial charge in [0.15, 0.2) is 5.16 Å². The highest BCUT2D eigenvalue weighted by atomic mass is 32.2. The molecule has 0 saturated carbocycles. The Labute approximate surface area is 204 Å². The zero-order valence-electron chi connectivity index (χ0n) is 19.0. The summed E-state index contributed by atoms with van der Waals surface area (Å²) >= 11 is 0.990. The summed E-state index contributed by atoms with van der Waals surface area (Å²) in [7, 11) is 0. The number of thioether (sulfide) groups is 1. The summed E-state index contributed by atoms with van der Waals surface area (Å²) in [6.45, 7) is 3.72. The lowest BCUT2D eigenvalue weighted by Gasteiger charge is -2.15. The summed E-state index contributed by atoms with van der Waals surface area (Å²) in [6, 6.07) is 15.6. The van der Waals surface area contributed by atoms with Crippen LogP contribution in [0.5, 0.6) is 0 Å². The maximum Gasteiger partial charge on any atom is 0.335 e. The van der Waals surface area contributed by atoms with E-state index >= 15 is 0 Å². The van der Waals surface area contributed by atoms with Gasteiger partial charge in [-0.3, -0.25) is 9.36 Å². The maximum atomic E-state index is 13.8. The molecule has 1 heterocycles. The molecule has 10 heteroatoms. The number of carboxylic acid groups (broad SMARTS) is 1. The number of halogens is 2. The van der Waals surface area contributed by atoms with Gasteiger partial charge in [-0.2, -0.15) is 0 Å². The molecule has 0 aliphatic rings. The standard InChI is InChI=1S/C25H22F2N4O3S/c1-3-15-9-11-20(18-7-5-4-6-17(15)18)31-23(22(26)27)29-30-25(31)35-13-21(32)28-19-10-8-16(24(33)34)12-14(19)2/h4-12,22H,3,13H2,1-2H3,(H,28,32)(H,33,34). The van der Waals surface area contributed by atoms with Crippen LogP contribution in [0.1, 0.15) is 40.7 Å². The van der Waals surface area contributed by atoms with Crippen LogP contribution in [0.25, 0.3) is 16.5 Å². The van der Waals surface area contributed by atoms with Gasteiger partial charge in [-0.15, -0.1) is 10.2 Å². The van der Waals surface area contributed by atoms with Gasteiger partial charge in [0, 0.05) is 11.1 Å². The predicted octanol–water partition coefficient (Wildman–Crippen LogP) is 5.66. The molecule has 4 aromatic rings. The minimum Gasteiger partial charge on any atom is -0.478 e. The van der Waals surface area contributed by atoms with Crippen LogP contribution in [0.4, 0.5) is 14.5 Å². The lowest BCUT2D eigenvalue weighted by Crippen LogP contribution is -2.16. The molecule has 0 aliphatic heterocycles. The van der Waals surface area contributed by atoms with Crippen LogP contribution < -0.4 is 5.32 Å². The number of fused-ring (bicyclic) bond motifs is 1. The van der Waals surface area contributed by atoms with Gasteiger partial charge in [0.2, 0.25) is 11.7 Å². The minimum atomic E-state index is -2.86. The van der Waals surface area contributed by atoms with Crippen LogP contribution in [0.2, 0.25) is 0 Å². The van der Waals surface area contributed by atoms with Gasteiger partial charge in [0.05, 0.1) is 17.0 Å². The van der Waals surface area contributed by atoms with E-state index in [2.05, 4.69) is 15.5 Å². The number of aryl methyl sites for hydroxylation is 2. The fraction of sp³-hybridized carbons (Fsp3) is 0.200. The summed E-state index contributed by atoms with van der Waals surface area (Å²) in [4.78, 5) is 23.7. The third-order valence-electron chi connectivity index (χ3n) is 5.55. The average molecular weight is 497 g/mol. The summed E-state index contributed by atoms with van der Waals surface area (Å²) in [6.07, 6.45) is -2.06. The number of hydrogen-bond donors (Lipinski definition) is 2. The van der Waals surface area contributed by atoms with E-state index in [0.29, 0.717) is 16.9 Å². The van der Waals surface area contributed by atoms with E-state index in [-0.39, 0.29) is 22.4 Å². The number of carboxylic acids is 1. The first kappa shape index (κ1) is 24.3. The van der Waals surface area contributed by atoms with Crippen LogP contribution >= 0.6 is 11.8 Å². The fourth-order valence-corrected chi connectivity index (χ4v) is 4.60. The van der Waals surface area contributed by atoms with E-state index < -0.39 is 18.2 Å². The molecule has 0 saturated heterocycles. The normalized spacial score (nSPS) is 11.2. The number of hydrogen-bond acceptors (Lipinski definition) is 5. The SMILES string of the molecule is CCc1ccc(-n2c(SCC(=O)Nc3ccc(C(=O)O)cc3C)nnc2C(F)F)c2ccccc12. The largest absolute Gasteiger partial charge is 0.478 e. The molecule has 0 aliphatic carbocycles. The molecule has 1 aromatic heterocycles.